The van der Waals surface area contributed by atoms with Crippen molar-refractivity contribution in [3.8, 4) is 0 Å². The molecule has 0 atom stereocenters. The summed E-state index contributed by atoms with van der Waals surface area (Å²) in [5, 5.41) is 6.32. The van der Waals surface area contributed by atoms with Crippen LogP contribution in [0.15, 0.2) is 47.1 Å². The van der Waals surface area contributed by atoms with Crippen LogP contribution in [-0.2, 0) is 11.3 Å². The van der Waals surface area contributed by atoms with Gasteiger partial charge in [0.2, 0.25) is 5.91 Å². The van der Waals surface area contributed by atoms with Gasteiger partial charge in [-0.1, -0.05) is 17.7 Å². The van der Waals surface area contributed by atoms with Crippen molar-refractivity contribution in [2.75, 3.05) is 11.9 Å². The number of rotatable bonds is 5. The average molecular weight is 265 g/mol. The van der Waals surface area contributed by atoms with E-state index in [1.807, 2.05) is 12.1 Å². The molecule has 0 spiro atoms. The summed E-state index contributed by atoms with van der Waals surface area (Å²) in [6.45, 7) is 0.739. The molecule has 2 N–H and O–H groups in total. The number of furan rings is 1. The van der Waals surface area contributed by atoms with E-state index in [1.54, 1.807) is 30.5 Å². The first-order valence-electron chi connectivity index (χ1n) is 5.52. The maximum atomic E-state index is 11.6. The van der Waals surface area contributed by atoms with Gasteiger partial charge >= 0.3 is 0 Å². The third-order valence-corrected chi connectivity index (χ3v) is 2.51. The molecule has 0 aliphatic carbocycles. The van der Waals surface area contributed by atoms with Crippen LogP contribution in [0.4, 0.5) is 5.69 Å². The molecule has 4 nitrogen and oxygen atoms in total. The quantitative estimate of drug-likeness (QED) is 0.873. The van der Waals surface area contributed by atoms with Crippen molar-refractivity contribution in [3.05, 3.63) is 53.4 Å². The molecule has 2 aromatic rings. The first-order valence-corrected chi connectivity index (χ1v) is 5.90. The Kier molecular flexibility index (Phi) is 4.39. The molecule has 5 heteroatoms. The fourth-order valence-electron chi connectivity index (χ4n) is 1.48. The number of carbonyl (C=O) groups is 1. The van der Waals surface area contributed by atoms with Crippen molar-refractivity contribution in [3.63, 3.8) is 0 Å². The van der Waals surface area contributed by atoms with Gasteiger partial charge in [0.15, 0.2) is 0 Å². The molecule has 0 aliphatic rings. The second-order valence-corrected chi connectivity index (χ2v) is 4.18. The molecule has 1 amide bonds. The molecule has 1 heterocycles. The van der Waals surface area contributed by atoms with Gasteiger partial charge in [0.25, 0.3) is 0 Å². The highest BCUT2D eigenvalue weighted by Gasteiger charge is 2.03. The molecule has 0 aliphatic heterocycles. The maximum Gasteiger partial charge on any atom is 0.238 e. The zero-order chi connectivity index (χ0) is 12.8. The molecule has 1 aromatic carbocycles. The maximum absolute atomic E-state index is 11.6. The number of hydrogen-bond acceptors (Lipinski definition) is 3. The Morgan fingerprint density at radius 3 is 2.89 bits per heavy atom. The van der Waals surface area contributed by atoms with Gasteiger partial charge in [-0.3, -0.25) is 4.79 Å². The predicted octanol–water partition coefficient (Wildman–Crippen LogP) is 2.66. The highest BCUT2D eigenvalue weighted by Crippen LogP contribution is 2.14. The minimum Gasteiger partial charge on any atom is -0.468 e. The molecule has 0 bridgehead atoms. The van der Waals surface area contributed by atoms with Gasteiger partial charge in [-0.2, -0.15) is 0 Å². The van der Waals surface area contributed by atoms with Gasteiger partial charge in [-0.15, -0.1) is 0 Å². The number of hydrogen-bond donors (Lipinski definition) is 2. The Morgan fingerprint density at radius 2 is 2.17 bits per heavy atom. The zero-order valence-electron chi connectivity index (χ0n) is 9.65. The van der Waals surface area contributed by atoms with Crippen LogP contribution in [0.1, 0.15) is 5.76 Å². The SMILES string of the molecule is O=C(CNCc1ccco1)Nc1cccc(Cl)c1. The summed E-state index contributed by atoms with van der Waals surface area (Å²) in [4.78, 5) is 11.6. The van der Waals surface area contributed by atoms with E-state index in [1.165, 1.54) is 0 Å². The average Bonchev–Trinajstić information content (AvgIpc) is 2.82. The number of carbonyl (C=O) groups excluding carboxylic acids is 1. The fourth-order valence-corrected chi connectivity index (χ4v) is 1.67. The van der Waals surface area contributed by atoms with E-state index in [4.69, 9.17) is 16.0 Å². The van der Waals surface area contributed by atoms with E-state index < -0.39 is 0 Å². The molecule has 0 saturated heterocycles. The first kappa shape index (κ1) is 12.7. The van der Waals surface area contributed by atoms with E-state index >= 15 is 0 Å². The third kappa shape index (κ3) is 3.91. The molecule has 0 unspecified atom stereocenters. The van der Waals surface area contributed by atoms with Gasteiger partial charge < -0.3 is 15.1 Å². The number of nitrogens with one attached hydrogen (secondary N) is 2. The number of benzene rings is 1. The van der Waals surface area contributed by atoms with Gasteiger partial charge in [0.05, 0.1) is 19.4 Å². The second kappa shape index (κ2) is 6.23. The van der Waals surface area contributed by atoms with E-state index in [0.29, 0.717) is 17.3 Å². The minimum atomic E-state index is -0.121. The molecule has 0 saturated carbocycles. The second-order valence-electron chi connectivity index (χ2n) is 3.74. The van der Waals surface area contributed by atoms with Crippen molar-refractivity contribution < 1.29 is 9.21 Å². The Hall–Kier alpha value is -1.78. The summed E-state index contributed by atoms with van der Waals surface area (Å²) in [5.41, 5.74) is 0.687. The van der Waals surface area contributed by atoms with Crippen molar-refractivity contribution in [1.29, 1.82) is 0 Å². The summed E-state index contributed by atoms with van der Waals surface area (Å²) < 4.78 is 5.14. The number of amides is 1. The molecule has 18 heavy (non-hydrogen) atoms. The Balaban J connectivity index is 1.75. The highest BCUT2D eigenvalue weighted by atomic mass is 35.5. The molecule has 1 aromatic heterocycles. The van der Waals surface area contributed by atoms with Crippen molar-refractivity contribution in [1.82, 2.24) is 5.32 Å². The predicted molar refractivity (Wildman–Crippen MR) is 70.5 cm³/mol. The van der Waals surface area contributed by atoms with Crippen LogP contribution in [0, 0.1) is 0 Å². The summed E-state index contributed by atoms with van der Waals surface area (Å²) in [7, 11) is 0. The lowest BCUT2D eigenvalue weighted by Crippen LogP contribution is -2.27. The van der Waals surface area contributed by atoms with Gasteiger partial charge in [-0.25, -0.2) is 0 Å². The molecule has 2 rings (SSSR count). The van der Waals surface area contributed by atoms with Gasteiger partial charge in [0.1, 0.15) is 5.76 Å². The number of halogens is 1. The van der Waals surface area contributed by atoms with E-state index in [9.17, 15) is 4.79 Å². The van der Waals surface area contributed by atoms with Crippen LogP contribution in [0.5, 0.6) is 0 Å². The van der Waals surface area contributed by atoms with E-state index in [2.05, 4.69) is 10.6 Å². The lowest BCUT2D eigenvalue weighted by atomic mass is 10.3. The van der Waals surface area contributed by atoms with Crippen molar-refractivity contribution in [2.45, 2.75) is 6.54 Å². The monoisotopic (exact) mass is 264 g/mol. The summed E-state index contributed by atoms with van der Waals surface area (Å²) in [6.07, 6.45) is 1.60. The van der Waals surface area contributed by atoms with Crippen LogP contribution < -0.4 is 10.6 Å². The summed E-state index contributed by atoms with van der Waals surface area (Å²) in [6, 6.07) is 10.7. The summed E-state index contributed by atoms with van der Waals surface area (Å²) in [5.74, 6) is 0.675. The van der Waals surface area contributed by atoms with Crippen LogP contribution in [0.3, 0.4) is 0 Å². The van der Waals surface area contributed by atoms with Gasteiger partial charge in [-0.05, 0) is 30.3 Å². The zero-order valence-corrected chi connectivity index (χ0v) is 10.4. The first-order chi connectivity index (χ1) is 8.74. The Bertz CT molecular complexity index is 511. The van der Waals surface area contributed by atoms with Crippen LogP contribution in [-0.4, -0.2) is 12.5 Å². The normalized spacial score (nSPS) is 10.3. The molecular formula is C13H13ClN2O2. The fraction of sp³-hybridized carbons (Fsp3) is 0.154. The molecule has 0 fully saturated rings. The van der Waals surface area contributed by atoms with Crippen LogP contribution in [0.2, 0.25) is 5.02 Å². The molecule has 0 radical (unpaired) electrons. The topological polar surface area (TPSA) is 54.3 Å². The molecule has 94 valence electrons. The summed E-state index contributed by atoms with van der Waals surface area (Å²) >= 11 is 5.82. The Morgan fingerprint density at radius 1 is 1.28 bits per heavy atom. The number of anilines is 1. The van der Waals surface area contributed by atoms with E-state index in [-0.39, 0.29) is 12.5 Å². The largest absolute Gasteiger partial charge is 0.468 e. The van der Waals surface area contributed by atoms with Crippen molar-refractivity contribution >= 4 is 23.2 Å². The Labute approximate surface area is 110 Å². The standard InChI is InChI=1S/C13H13ClN2O2/c14-10-3-1-4-11(7-10)16-13(17)9-15-8-12-5-2-6-18-12/h1-7,15H,8-9H2,(H,16,17). The van der Waals surface area contributed by atoms with Crippen LogP contribution in [0.25, 0.3) is 0 Å². The van der Waals surface area contributed by atoms with Crippen LogP contribution >= 0.6 is 11.6 Å². The lowest BCUT2D eigenvalue weighted by molar-refractivity contribution is -0.115. The smallest absolute Gasteiger partial charge is 0.238 e. The molecular weight excluding hydrogens is 252 g/mol. The van der Waals surface area contributed by atoms with E-state index in [0.717, 1.165) is 5.76 Å². The minimum absolute atomic E-state index is 0.121. The third-order valence-electron chi connectivity index (χ3n) is 2.27. The van der Waals surface area contributed by atoms with Crippen molar-refractivity contribution in [2.24, 2.45) is 0 Å². The lowest BCUT2D eigenvalue weighted by Gasteiger charge is -2.06. The van der Waals surface area contributed by atoms with Gasteiger partial charge in [0, 0.05) is 10.7 Å². The highest BCUT2D eigenvalue weighted by molar-refractivity contribution is 6.30.